The summed E-state index contributed by atoms with van der Waals surface area (Å²) in [7, 11) is 0. The van der Waals surface area contributed by atoms with Crippen LogP contribution >= 0.6 is 0 Å². The highest BCUT2D eigenvalue weighted by Crippen LogP contribution is 2.23. The number of benzene rings is 1. The first kappa shape index (κ1) is 13.6. The monoisotopic (exact) mass is 282 g/mol. The zero-order valence-corrected chi connectivity index (χ0v) is 12.2. The van der Waals surface area contributed by atoms with Crippen LogP contribution < -0.4 is 5.32 Å². The van der Waals surface area contributed by atoms with Crippen molar-refractivity contribution in [3.63, 3.8) is 0 Å². The molecule has 0 saturated carbocycles. The molecule has 3 rings (SSSR count). The van der Waals surface area contributed by atoms with Crippen molar-refractivity contribution in [2.45, 2.75) is 13.8 Å². The SMILES string of the molecule is CCOCNc1cc(C)c2[nH]c(-c3ccccc3)nc2n1. The number of aromatic nitrogens is 3. The largest absolute Gasteiger partial charge is 0.362 e. The summed E-state index contributed by atoms with van der Waals surface area (Å²) in [6, 6.07) is 12.0. The lowest BCUT2D eigenvalue weighted by Crippen LogP contribution is -2.07. The molecule has 0 radical (unpaired) electrons. The third kappa shape index (κ3) is 2.87. The van der Waals surface area contributed by atoms with Crippen LogP contribution in [-0.2, 0) is 4.74 Å². The number of hydrogen-bond acceptors (Lipinski definition) is 4. The molecule has 0 fully saturated rings. The second-order valence-electron chi connectivity index (χ2n) is 4.79. The van der Waals surface area contributed by atoms with E-state index in [-0.39, 0.29) is 0 Å². The number of H-pyrrole nitrogens is 1. The van der Waals surface area contributed by atoms with Crippen LogP contribution in [0.2, 0.25) is 0 Å². The van der Waals surface area contributed by atoms with E-state index in [1.165, 1.54) is 0 Å². The number of anilines is 1. The third-order valence-corrected chi connectivity index (χ3v) is 3.27. The van der Waals surface area contributed by atoms with Gasteiger partial charge in [-0.25, -0.2) is 9.97 Å². The Kier molecular flexibility index (Phi) is 3.83. The first-order valence-electron chi connectivity index (χ1n) is 7.02. The molecule has 0 unspecified atom stereocenters. The minimum absolute atomic E-state index is 0.449. The molecule has 5 nitrogen and oxygen atoms in total. The molecular formula is C16H18N4O. The van der Waals surface area contributed by atoms with E-state index in [0.717, 1.165) is 28.3 Å². The summed E-state index contributed by atoms with van der Waals surface area (Å²) in [6.45, 7) is 5.13. The Morgan fingerprint density at radius 2 is 2.00 bits per heavy atom. The summed E-state index contributed by atoms with van der Waals surface area (Å²) in [5.74, 6) is 1.61. The molecule has 0 aliphatic carbocycles. The van der Waals surface area contributed by atoms with Gasteiger partial charge in [-0.3, -0.25) is 0 Å². The van der Waals surface area contributed by atoms with Crippen LogP contribution in [0.3, 0.4) is 0 Å². The molecule has 0 aliphatic rings. The number of nitrogens with one attached hydrogen (secondary N) is 2. The summed E-state index contributed by atoms with van der Waals surface area (Å²) in [5.41, 5.74) is 3.84. The van der Waals surface area contributed by atoms with Gasteiger partial charge in [-0.2, -0.15) is 0 Å². The average Bonchev–Trinajstić information content (AvgIpc) is 2.93. The number of pyridine rings is 1. The molecule has 1 aromatic carbocycles. The van der Waals surface area contributed by atoms with E-state index in [1.807, 2.05) is 50.2 Å². The number of imidazole rings is 1. The first-order chi connectivity index (χ1) is 10.3. The smallest absolute Gasteiger partial charge is 0.180 e. The number of rotatable bonds is 5. The summed E-state index contributed by atoms with van der Waals surface area (Å²) in [5, 5.41) is 3.14. The fourth-order valence-corrected chi connectivity index (χ4v) is 2.19. The Bertz CT molecular complexity index is 737. The number of aromatic amines is 1. The Morgan fingerprint density at radius 1 is 1.19 bits per heavy atom. The van der Waals surface area contributed by atoms with Crippen LogP contribution in [0.5, 0.6) is 0 Å². The highest BCUT2D eigenvalue weighted by Gasteiger charge is 2.09. The molecule has 2 heterocycles. The summed E-state index contributed by atoms with van der Waals surface area (Å²) < 4.78 is 5.28. The average molecular weight is 282 g/mol. The van der Waals surface area contributed by atoms with Gasteiger partial charge in [-0.15, -0.1) is 0 Å². The van der Waals surface area contributed by atoms with Gasteiger partial charge in [-0.1, -0.05) is 30.3 Å². The van der Waals surface area contributed by atoms with E-state index in [4.69, 9.17) is 4.74 Å². The predicted octanol–water partition coefficient (Wildman–Crippen LogP) is 3.34. The number of ether oxygens (including phenoxy) is 1. The Morgan fingerprint density at radius 3 is 2.76 bits per heavy atom. The van der Waals surface area contributed by atoms with Crippen LogP contribution in [0.15, 0.2) is 36.4 Å². The minimum atomic E-state index is 0.449. The highest BCUT2D eigenvalue weighted by molar-refractivity contribution is 5.80. The molecular weight excluding hydrogens is 264 g/mol. The minimum Gasteiger partial charge on any atom is -0.362 e. The van der Waals surface area contributed by atoms with Crippen molar-refractivity contribution >= 4 is 17.0 Å². The topological polar surface area (TPSA) is 62.8 Å². The van der Waals surface area contributed by atoms with Crippen molar-refractivity contribution < 1.29 is 4.74 Å². The van der Waals surface area contributed by atoms with E-state index in [2.05, 4.69) is 20.3 Å². The maximum absolute atomic E-state index is 5.28. The van der Waals surface area contributed by atoms with Crippen molar-refractivity contribution in [1.29, 1.82) is 0 Å². The number of hydrogen-bond donors (Lipinski definition) is 2. The van der Waals surface area contributed by atoms with Gasteiger partial charge >= 0.3 is 0 Å². The number of aryl methyl sites for hydroxylation is 1. The zero-order valence-electron chi connectivity index (χ0n) is 12.2. The normalized spacial score (nSPS) is 11.0. The fourth-order valence-electron chi connectivity index (χ4n) is 2.19. The Hall–Kier alpha value is -2.40. The van der Waals surface area contributed by atoms with Crippen molar-refractivity contribution in [2.24, 2.45) is 0 Å². The maximum Gasteiger partial charge on any atom is 0.180 e. The van der Waals surface area contributed by atoms with Gasteiger partial charge in [0.25, 0.3) is 0 Å². The molecule has 0 aliphatic heterocycles. The van der Waals surface area contributed by atoms with Crippen molar-refractivity contribution in [3.8, 4) is 11.4 Å². The highest BCUT2D eigenvalue weighted by atomic mass is 16.5. The molecule has 0 atom stereocenters. The molecule has 0 spiro atoms. The van der Waals surface area contributed by atoms with Gasteiger partial charge in [0.15, 0.2) is 5.65 Å². The van der Waals surface area contributed by atoms with E-state index >= 15 is 0 Å². The van der Waals surface area contributed by atoms with Crippen LogP contribution in [0.25, 0.3) is 22.6 Å². The molecule has 3 aromatic rings. The summed E-state index contributed by atoms with van der Waals surface area (Å²) in [6.07, 6.45) is 0. The van der Waals surface area contributed by atoms with Crippen molar-refractivity contribution in [2.75, 3.05) is 18.7 Å². The molecule has 21 heavy (non-hydrogen) atoms. The Balaban J connectivity index is 1.95. The van der Waals surface area contributed by atoms with Gasteiger partial charge in [0.1, 0.15) is 18.4 Å². The quantitative estimate of drug-likeness (QED) is 0.556. The van der Waals surface area contributed by atoms with E-state index < -0.39 is 0 Å². The van der Waals surface area contributed by atoms with Gasteiger partial charge in [-0.05, 0) is 25.5 Å². The number of nitrogens with zero attached hydrogens (tertiary/aromatic N) is 2. The summed E-state index contributed by atoms with van der Waals surface area (Å²) >= 11 is 0. The molecule has 0 saturated heterocycles. The Labute approximate surface area is 123 Å². The fraction of sp³-hybridized carbons (Fsp3) is 0.250. The second kappa shape index (κ2) is 5.93. The molecule has 2 N–H and O–H groups in total. The standard InChI is InChI=1S/C16H18N4O/c1-3-21-10-17-13-9-11(2)14-16(18-13)20-15(19-14)12-7-5-4-6-8-12/h4-9H,3,10H2,1-2H3,(H2,17,18,19,20). The lowest BCUT2D eigenvalue weighted by molar-refractivity contribution is 0.166. The summed E-state index contributed by atoms with van der Waals surface area (Å²) in [4.78, 5) is 12.4. The van der Waals surface area contributed by atoms with E-state index in [1.54, 1.807) is 0 Å². The maximum atomic E-state index is 5.28. The van der Waals surface area contributed by atoms with Crippen LogP contribution in [0.4, 0.5) is 5.82 Å². The van der Waals surface area contributed by atoms with Crippen LogP contribution in [-0.4, -0.2) is 28.3 Å². The van der Waals surface area contributed by atoms with Gasteiger partial charge in [0.05, 0.1) is 5.52 Å². The third-order valence-electron chi connectivity index (χ3n) is 3.27. The second-order valence-corrected chi connectivity index (χ2v) is 4.79. The van der Waals surface area contributed by atoms with Crippen molar-refractivity contribution in [1.82, 2.24) is 15.0 Å². The van der Waals surface area contributed by atoms with Crippen molar-refractivity contribution in [3.05, 3.63) is 42.0 Å². The van der Waals surface area contributed by atoms with E-state index in [9.17, 15) is 0 Å². The van der Waals surface area contributed by atoms with Gasteiger partial charge in [0.2, 0.25) is 0 Å². The zero-order chi connectivity index (χ0) is 14.7. The van der Waals surface area contributed by atoms with Gasteiger partial charge < -0.3 is 15.0 Å². The predicted molar refractivity (Wildman–Crippen MR) is 84.2 cm³/mol. The molecule has 0 bridgehead atoms. The number of fused-ring (bicyclic) bond motifs is 1. The molecule has 0 amide bonds. The molecule has 2 aromatic heterocycles. The lowest BCUT2D eigenvalue weighted by atomic mass is 10.2. The van der Waals surface area contributed by atoms with E-state index in [0.29, 0.717) is 19.0 Å². The van der Waals surface area contributed by atoms with Crippen LogP contribution in [0, 0.1) is 6.92 Å². The molecule has 5 heteroatoms. The first-order valence-corrected chi connectivity index (χ1v) is 7.02. The molecule has 108 valence electrons. The lowest BCUT2D eigenvalue weighted by Gasteiger charge is -2.06. The van der Waals surface area contributed by atoms with Crippen LogP contribution in [0.1, 0.15) is 12.5 Å². The van der Waals surface area contributed by atoms with Gasteiger partial charge in [0, 0.05) is 12.2 Å².